The molecule has 0 aromatic heterocycles. The second-order valence-electron chi connectivity index (χ2n) is 18.6. The number of phenols is 1. The van der Waals surface area contributed by atoms with Gasteiger partial charge in [0, 0.05) is 54.3 Å². The fourth-order valence-corrected chi connectivity index (χ4v) is 11.5. The lowest BCUT2D eigenvalue weighted by atomic mass is 9.77. The number of benzene rings is 5. The lowest BCUT2D eigenvalue weighted by molar-refractivity contribution is -0.151. The molecule has 0 saturated heterocycles. The molecule has 352 valence electrons. The van der Waals surface area contributed by atoms with Gasteiger partial charge < -0.3 is 44.7 Å². The number of allylic oxidation sites excluding steroid dienone is 1. The molecule has 0 aliphatic heterocycles. The van der Waals surface area contributed by atoms with Gasteiger partial charge in [0.1, 0.15) is 12.4 Å². The van der Waals surface area contributed by atoms with Crippen LogP contribution >= 0.6 is 0 Å². The summed E-state index contributed by atoms with van der Waals surface area (Å²) in [5.41, 5.74) is 2.53. The van der Waals surface area contributed by atoms with Gasteiger partial charge in [-0.2, -0.15) is 0 Å². The molecule has 5 aromatic rings. The molecule has 14 nitrogen and oxygen atoms in total. The fraction of sp³-hybridized carbons (Fsp3) is 0.519. The number of esters is 2. The highest BCUT2D eigenvalue weighted by Crippen LogP contribution is 2.55. The Morgan fingerprint density at radius 2 is 1.33 bits per heavy atom. The third kappa shape index (κ3) is 8.35. The van der Waals surface area contributed by atoms with Gasteiger partial charge in [-0.1, -0.05) is 11.6 Å². The molecule has 66 heavy (non-hydrogen) atoms. The van der Waals surface area contributed by atoms with Crippen LogP contribution in [0.5, 0.6) is 11.5 Å². The van der Waals surface area contributed by atoms with E-state index in [9.17, 15) is 34.5 Å². The smallest absolute Gasteiger partial charge is 0.309 e. The minimum Gasteiger partial charge on any atom is -0.504 e. The molecular weight excluding hydrogens is 847 g/mol. The Bertz CT molecular complexity index is 2820. The number of fused-ring (bicyclic) bond motifs is 1. The van der Waals surface area contributed by atoms with Gasteiger partial charge >= 0.3 is 11.9 Å². The second-order valence-corrected chi connectivity index (χ2v) is 18.6. The highest BCUT2D eigenvalue weighted by atomic mass is 16.6. The molecule has 0 spiro atoms. The summed E-state index contributed by atoms with van der Waals surface area (Å²) in [4.78, 5) is 69.3. The number of rotatable bonds is 18. The molecule has 2 saturated carbocycles. The van der Waals surface area contributed by atoms with Crippen LogP contribution in [0.15, 0.2) is 27.3 Å². The van der Waals surface area contributed by atoms with Crippen molar-refractivity contribution >= 4 is 72.6 Å². The van der Waals surface area contributed by atoms with Crippen LogP contribution in [-0.4, -0.2) is 85.3 Å². The van der Waals surface area contributed by atoms with Gasteiger partial charge in [0.25, 0.3) is 0 Å². The largest absolute Gasteiger partial charge is 0.504 e. The molecule has 14 heteroatoms. The molecule has 5 N–H and O–H groups in total. The maximum absolute atomic E-state index is 15.7. The fourth-order valence-electron chi connectivity index (χ4n) is 11.5. The summed E-state index contributed by atoms with van der Waals surface area (Å²) in [7, 11) is 2.94. The molecule has 0 radical (unpaired) electrons. The van der Waals surface area contributed by atoms with Crippen LogP contribution in [0.4, 0.5) is 5.69 Å². The maximum Gasteiger partial charge on any atom is 0.309 e. The van der Waals surface area contributed by atoms with Crippen LogP contribution in [0.3, 0.4) is 0 Å². The number of aliphatic hydroxyl groups is 3. The number of ketones is 1. The molecule has 1 atom stereocenters. The normalized spacial score (nSPS) is 20.8. The predicted octanol–water partition coefficient (Wildman–Crippen LogP) is 6.76. The summed E-state index contributed by atoms with van der Waals surface area (Å²) in [6.45, 7) is 3.41. The monoisotopic (exact) mass is 907 g/mol. The van der Waals surface area contributed by atoms with Crippen molar-refractivity contribution in [2.45, 2.75) is 104 Å². The number of carbonyl (C=O) groups is 3. The first-order valence-corrected chi connectivity index (χ1v) is 23.4. The van der Waals surface area contributed by atoms with Crippen LogP contribution in [-0.2, 0) is 48.2 Å². The molecule has 3 aliphatic rings. The number of Topliss-reactive ketones (excluding diaryl/α,β-unsaturated/α-hetero) is 1. The molecule has 0 bridgehead atoms. The summed E-state index contributed by atoms with van der Waals surface area (Å²) in [6, 6.07) is 3.05. The van der Waals surface area contributed by atoms with Crippen LogP contribution in [0, 0.1) is 23.7 Å². The van der Waals surface area contributed by atoms with Crippen molar-refractivity contribution in [2.75, 3.05) is 52.5 Å². The van der Waals surface area contributed by atoms with Crippen molar-refractivity contribution in [1.82, 2.24) is 0 Å². The number of phenolic OH excluding ortho intramolecular Hbond substituents is 1. The lowest BCUT2D eigenvalue weighted by Crippen LogP contribution is -2.27. The Hall–Kier alpha value is -5.41. The van der Waals surface area contributed by atoms with Gasteiger partial charge in [-0.15, -0.1) is 0 Å². The SMILES string of the molecule is COCCOC(=O)C1CCC(CCc2c3c4c5c(c(OC)c(O)c6c(=O)cc(CO)c(c7c(CO)cc(NCC8CCC(C(=O)OCCCO)CC8)c(c2=O)c74)c65)C(C(C)=O)C(C)=C3)CC1. The minimum absolute atomic E-state index is 0.0236. The average Bonchev–Trinajstić information content (AvgIpc) is 3.44. The summed E-state index contributed by atoms with van der Waals surface area (Å²) >= 11 is 0. The minimum atomic E-state index is -0.933. The van der Waals surface area contributed by atoms with Crippen molar-refractivity contribution in [3.63, 3.8) is 0 Å². The molecule has 8 rings (SSSR count). The second kappa shape index (κ2) is 19.8. The topological polar surface area (TPSA) is 215 Å². The van der Waals surface area contributed by atoms with Crippen molar-refractivity contribution < 1.29 is 53.8 Å². The molecule has 0 amide bonds. The van der Waals surface area contributed by atoms with E-state index >= 15 is 4.79 Å². The predicted molar refractivity (Wildman–Crippen MR) is 252 cm³/mol. The molecule has 0 heterocycles. The lowest BCUT2D eigenvalue weighted by Gasteiger charge is -2.29. The average molecular weight is 908 g/mol. The number of aromatic hydroxyl groups is 1. The summed E-state index contributed by atoms with van der Waals surface area (Å²) in [5, 5.41) is 50.0. The van der Waals surface area contributed by atoms with Crippen LogP contribution < -0.4 is 20.9 Å². The Labute approximate surface area is 382 Å². The quantitative estimate of drug-likeness (QED) is 0.0266. The van der Waals surface area contributed by atoms with Crippen LogP contribution in [0.1, 0.15) is 112 Å². The first-order chi connectivity index (χ1) is 31.9. The van der Waals surface area contributed by atoms with Gasteiger partial charge in [-0.25, -0.2) is 0 Å². The zero-order valence-corrected chi connectivity index (χ0v) is 38.3. The van der Waals surface area contributed by atoms with Crippen molar-refractivity contribution in [3.8, 4) is 11.5 Å². The van der Waals surface area contributed by atoms with E-state index in [4.69, 9.17) is 24.1 Å². The van der Waals surface area contributed by atoms with Gasteiger partial charge in [-0.05, 0) is 140 Å². The molecule has 1 unspecified atom stereocenters. The van der Waals surface area contributed by atoms with Gasteiger partial charge in [-0.3, -0.25) is 24.0 Å². The van der Waals surface area contributed by atoms with E-state index in [0.29, 0.717) is 129 Å². The number of hydrogen-bond acceptors (Lipinski definition) is 14. The number of hydrogen-bond donors (Lipinski definition) is 5. The van der Waals surface area contributed by atoms with E-state index < -0.39 is 30.3 Å². The highest BCUT2D eigenvalue weighted by molar-refractivity contribution is 6.39. The summed E-state index contributed by atoms with van der Waals surface area (Å²) in [6.07, 6.45) is 8.94. The third-order valence-electron chi connectivity index (χ3n) is 14.7. The Balaban J connectivity index is 1.32. The summed E-state index contributed by atoms with van der Waals surface area (Å²) < 4.78 is 21.8. The maximum atomic E-state index is 15.7. The Morgan fingerprint density at radius 3 is 1.92 bits per heavy atom. The number of anilines is 1. The Kier molecular flexibility index (Phi) is 14.1. The number of ether oxygens (including phenoxy) is 4. The van der Waals surface area contributed by atoms with Crippen molar-refractivity contribution in [2.24, 2.45) is 23.7 Å². The van der Waals surface area contributed by atoms with E-state index in [0.717, 1.165) is 25.7 Å². The molecule has 5 aromatic carbocycles. The third-order valence-corrected chi connectivity index (χ3v) is 14.7. The number of aliphatic hydroxyl groups excluding tert-OH is 3. The molecule has 3 aliphatic carbocycles. The van der Waals surface area contributed by atoms with Crippen molar-refractivity contribution in [1.29, 1.82) is 0 Å². The van der Waals surface area contributed by atoms with Crippen LogP contribution in [0.25, 0.3) is 49.2 Å². The first kappa shape index (κ1) is 47.1. The van der Waals surface area contributed by atoms with Gasteiger partial charge in [0.2, 0.25) is 0 Å². The van der Waals surface area contributed by atoms with E-state index in [2.05, 4.69) is 5.32 Å². The highest BCUT2D eigenvalue weighted by Gasteiger charge is 2.37. The van der Waals surface area contributed by atoms with Gasteiger partial charge in [0.15, 0.2) is 22.4 Å². The number of nitrogens with one attached hydrogen (secondary N) is 1. The van der Waals surface area contributed by atoms with E-state index in [-0.39, 0.29) is 83.3 Å². The summed E-state index contributed by atoms with van der Waals surface area (Å²) in [5.74, 6) is -2.16. The standard InChI is InChI=1S/C52H61NO13/c1-26-20-35-34(15-10-28-6-11-30(12-7-28)52(62)66-19-18-63-3)48(59)42-36(53-23-29-8-13-31(14-9-29)51(61)65-17-5-16-54)21-32(24-55)39-40-33(25-56)22-37(58)43-45(40)46(41(35)44(39)42)47(38(26)27(2)57)50(64-4)49(43)60/h20-22,28-31,38,53-56,60H,5-19,23-25H2,1-4H3. The van der Waals surface area contributed by atoms with E-state index in [1.165, 1.54) is 20.1 Å². The van der Waals surface area contributed by atoms with E-state index in [1.54, 1.807) is 13.2 Å². The zero-order valence-electron chi connectivity index (χ0n) is 38.3. The van der Waals surface area contributed by atoms with Crippen molar-refractivity contribution in [3.05, 3.63) is 66.0 Å². The molecular formula is C52H61NO13. The zero-order chi connectivity index (χ0) is 47.0. The number of methoxy groups -OCH3 is 2. The molecule has 2 fully saturated rings. The first-order valence-electron chi connectivity index (χ1n) is 23.4. The Morgan fingerprint density at radius 1 is 0.727 bits per heavy atom. The number of carbonyl (C=O) groups excluding carboxylic acids is 3. The van der Waals surface area contributed by atoms with E-state index in [1.807, 2.05) is 13.0 Å². The van der Waals surface area contributed by atoms with Crippen LogP contribution in [0.2, 0.25) is 0 Å². The van der Waals surface area contributed by atoms with Gasteiger partial charge in [0.05, 0.1) is 62.1 Å².